The summed E-state index contributed by atoms with van der Waals surface area (Å²) >= 11 is 0. The van der Waals surface area contributed by atoms with Gasteiger partial charge in [0.1, 0.15) is 5.75 Å². The number of benzene rings is 2. The van der Waals surface area contributed by atoms with E-state index in [1.54, 1.807) is 19.2 Å². The number of hydrogen-bond donors (Lipinski definition) is 2. The van der Waals surface area contributed by atoms with Gasteiger partial charge in [0, 0.05) is 44.5 Å². The fourth-order valence-corrected chi connectivity index (χ4v) is 3.23. The molecule has 0 aliphatic carbocycles. The van der Waals surface area contributed by atoms with Crippen LogP contribution >= 0.6 is 24.0 Å². The number of nitrogens with one attached hydrogen (secondary N) is 2. The Morgan fingerprint density at radius 1 is 1.00 bits per heavy atom. The van der Waals surface area contributed by atoms with E-state index in [-0.39, 0.29) is 36.3 Å². The quantitative estimate of drug-likeness (QED) is 0.325. The van der Waals surface area contributed by atoms with Crippen molar-refractivity contribution in [2.75, 3.05) is 38.3 Å². The van der Waals surface area contributed by atoms with Crippen molar-refractivity contribution in [1.82, 2.24) is 10.6 Å². The lowest BCUT2D eigenvalue weighted by molar-refractivity contribution is -0.274. The van der Waals surface area contributed by atoms with Crippen LogP contribution in [0.5, 0.6) is 5.75 Å². The number of alkyl halides is 3. The lowest BCUT2D eigenvalue weighted by atomic mass is 10.1. The summed E-state index contributed by atoms with van der Waals surface area (Å²) in [4.78, 5) is 6.44. The SMILES string of the molecule is CN=C(NCc1ccccc1OC(F)(F)F)NCc1ccccc1N1CCOCC1.I. The molecule has 1 aliphatic heterocycles. The largest absolute Gasteiger partial charge is 0.573 e. The molecule has 1 aliphatic rings. The van der Waals surface area contributed by atoms with Gasteiger partial charge < -0.3 is 25.0 Å². The highest BCUT2D eigenvalue weighted by Gasteiger charge is 2.31. The Hall–Kier alpha value is -2.21. The molecule has 0 radical (unpaired) electrons. The molecular weight excluding hydrogens is 524 g/mol. The van der Waals surface area contributed by atoms with Crippen molar-refractivity contribution < 1.29 is 22.6 Å². The molecule has 0 amide bonds. The minimum atomic E-state index is -4.74. The zero-order valence-electron chi connectivity index (χ0n) is 17.1. The van der Waals surface area contributed by atoms with Crippen LogP contribution < -0.4 is 20.3 Å². The second-order valence-electron chi connectivity index (χ2n) is 6.66. The van der Waals surface area contributed by atoms with Crippen molar-refractivity contribution in [1.29, 1.82) is 0 Å². The Labute approximate surface area is 196 Å². The highest BCUT2D eigenvalue weighted by Crippen LogP contribution is 2.26. The molecule has 1 heterocycles. The van der Waals surface area contributed by atoms with Crippen molar-refractivity contribution in [3.63, 3.8) is 0 Å². The van der Waals surface area contributed by atoms with E-state index in [1.165, 1.54) is 12.1 Å². The number of guanidine groups is 1. The molecule has 0 atom stereocenters. The summed E-state index contributed by atoms with van der Waals surface area (Å²) < 4.78 is 47.3. The maximum absolute atomic E-state index is 12.6. The van der Waals surface area contributed by atoms with Gasteiger partial charge in [-0.2, -0.15) is 0 Å². The molecule has 2 aromatic carbocycles. The number of halogens is 4. The molecule has 6 nitrogen and oxygen atoms in total. The smallest absolute Gasteiger partial charge is 0.405 e. The molecule has 0 unspecified atom stereocenters. The van der Waals surface area contributed by atoms with Crippen LogP contribution in [0.25, 0.3) is 0 Å². The van der Waals surface area contributed by atoms with E-state index in [1.807, 2.05) is 18.2 Å². The first kappa shape index (κ1) is 25.1. The molecule has 2 N–H and O–H groups in total. The van der Waals surface area contributed by atoms with E-state index >= 15 is 0 Å². The average Bonchev–Trinajstić information content (AvgIpc) is 2.75. The van der Waals surface area contributed by atoms with Crippen molar-refractivity contribution >= 4 is 35.6 Å². The predicted octanol–water partition coefficient (Wildman–Crippen LogP) is 3.91. The van der Waals surface area contributed by atoms with E-state index in [4.69, 9.17) is 4.74 Å². The second-order valence-corrected chi connectivity index (χ2v) is 6.66. The number of nitrogens with zero attached hydrogens (tertiary/aromatic N) is 2. The number of hydrogen-bond acceptors (Lipinski definition) is 4. The highest BCUT2D eigenvalue weighted by molar-refractivity contribution is 14.0. The molecular formula is C21H26F3IN4O2. The number of ether oxygens (including phenoxy) is 2. The molecule has 1 fully saturated rings. The third kappa shape index (κ3) is 7.76. The summed E-state index contributed by atoms with van der Waals surface area (Å²) in [6, 6.07) is 14.1. The van der Waals surface area contributed by atoms with Gasteiger partial charge in [-0.25, -0.2) is 0 Å². The van der Waals surface area contributed by atoms with E-state index in [9.17, 15) is 13.2 Å². The molecule has 0 aromatic heterocycles. The van der Waals surface area contributed by atoms with Crippen LogP contribution in [0.15, 0.2) is 53.5 Å². The highest BCUT2D eigenvalue weighted by atomic mass is 127. The third-order valence-electron chi connectivity index (χ3n) is 4.66. The first-order chi connectivity index (χ1) is 14.5. The minimum Gasteiger partial charge on any atom is -0.405 e. The first-order valence-electron chi connectivity index (χ1n) is 9.65. The molecule has 0 saturated carbocycles. The average molecular weight is 550 g/mol. The fraction of sp³-hybridized carbons (Fsp3) is 0.381. The number of anilines is 1. The van der Waals surface area contributed by atoms with E-state index in [0.29, 0.717) is 31.3 Å². The molecule has 1 saturated heterocycles. The van der Waals surface area contributed by atoms with Gasteiger partial charge in [-0.1, -0.05) is 36.4 Å². The summed E-state index contributed by atoms with van der Waals surface area (Å²) in [5, 5.41) is 6.26. The van der Waals surface area contributed by atoms with Crippen LogP contribution in [0.4, 0.5) is 18.9 Å². The topological polar surface area (TPSA) is 58.1 Å². The van der Waals surface area contributed by atoms with Crippen LogP contribution in [0.3, 0.4) is 0 Å². The van der Waals surface area contributed by atoms with E-state index < -0.39 is 6.36 Å². The Bertz CT molecular complexity index is 859. The summed E-state index contributed by atoms with van der Waals surface area (Å²) in [7, 11) is 1.61. The zero-order chi connectivity index (χ0) is 21.4. The fourth-order valence-electron chi connectivity index (χ4n) is 3.23. The van der Waals surface area contributed by atoms with E-state index in [0.717, 1.165) is 24.3 Å². The number of para-hydroxylation sites is 2. The molecule has 3 rings (SSSR count). The Kier molecular flexibility index (Phi) is 9.69. The van der Waals surface area contributed by atoms with Crippen LogP contribution in [-0.4, -0.2) is 45.7 Å². The van der Waals surface area contributed by atoms with Crippen molar-refractivity contribution in [2.45, 2.75) is 19.5 Å². The van der Waals surface area contributed by atoms with Gasteiger partial charge in [0.15, 0.2) is 5.96 Å². The van der Waals surface area contributed by atoms with Gasteiger partial charge in [0.05, 0.1) is 13.2 Å². The molecule has 0 bridgehead atoms. The van der Waals surface area contributed by atoms with Crippen LogP contribution in [0.1, 0.15) is 11.1 Å². The first-order valence-corrected chi connectivity index (χ1v) is 9.65. The Balaban J connectivity index is 0.00000341. The summed E-state index contributed by atoms with van der Waals surface area (Å²) in [6.45, 7) is 3.72. The van der Waals surface area contributed by atoms with Gasteiger partial charge in [-0.3, -0.25) is 4.99 Å². The Morgan fingerprint density at radius 3 is 2.23 bits per heavy atom. The van der Waals surface area contributed by atoms with Crippen molar-refractivity contribution in [3.8, 4) is 5.75 Å². The van der Waals surface area contributed by atoms with Crippen LogP contribution in [-0.2, 0) is 17.8 Å². The Morgan fingerprint density at radius 2 is 1.58 bits per heavy atom. The third-order valence-corrected chi connectivity index (χ3v) is 4.66. The van der Waals surface area contributed by atoms with Crippen LogP contribution in [0, 0.1) is 0 Å². The molecule has 0 spiro atoms. The van der Waals surface area contributed by atoms with Gasteiger partial charge in [0.25, 0.3) is 0 Å². The normalized spacial score (nSPS) is 14.6. The monoisotopic (exact) mass is 550 g/mol. The van der Waals surface area contributed by atoms with Crippen LogP contribution in [0.2, 0.25) is 0 Å². The van der Waals surface area contributed by atoms with Crippen molar-refractivity contribution in [3.05, 3.63) is 59.7 Å². The number of rotatable bonds is 6. The molecule has 2 aromatic rings. The van der Waals surface area contributed by atoms with Crippen molar-refractivity contribution in [2.24, 2.45) is 4.99 Å². The van der Waals surface area contributed by atoms with Gasteiger partial charge in [0.2, 0.25) is 0 Å². The lowest BCUT2D eigenvalue weighted by Gasteiger charge is -2.30. The van der Waals surface area contributed by atoms with E-state index in [2.05, 4.69) is 31.3 Å². The molecule has 10 heteroatoms. The standard InChI is InChI=1S/C21H25F3N4O2.HI/c1-25-20(27-15-17-7-3-5-9-19(17)30-21(22,23)24)26-14-16-6-2-4-8-18(16)28-10-12-29-13-11-28;/h2-9H,10-15H2,1H3,(H2,25,26,27);1H. The second kappa shape index (κ2) is 12.0. The lowest BCUT2D eigenvalue weighted by Crippen LogP contribution is -2.39. The summed E-state index contributed by atoms with van der Waals surface area (Å²) in [5.41, 5.74) is 2.61. The maximum atomic E-state index is 12.6. The van der Waals surface area contributed by atoms with Gasteiger partial charge in [-0.05, 0) is 17.7 Å². The molecule has 31 heavy (non-hydrogen) atoms. The zero-order valence-corrected chi connectivity index (χ0v) is 19.4. The predicted molar refractivity (Wildman–Crippen MR) is 125 cm³/mol. The van der Waals surface area contributed by atoms with Gasteiger partial charge in [-0.15, -0.1) is 37.1 Å². The minimum absolute atomic E-state index is 0. The number of morpholine rings is 1. The number of aliphatic imine (C=N–C) groups is 1. The summed E-state index contributed by atoms with van der Waals surface area (Å²) in [6.07, 6.45) is -4.74. The summed E-state index contributed by atoms with van der Waals surface area (Å²) in [5.74, 6) is 0.249. The van der Waals surface area contributed by atoms with Gasteiger partial charge >= 0.3 is 6.36 Å². The maximum Gasteiger partial charge on any atom is 0.573 e. The molecule has 170 valence electrons.